The minimum absolute atomic E-state index is 0.145. The molecule has 1 saturated carbocycles. The number of carbonyl (C=O) groups is 1. The lowest BCUT2D eigenvalue weighted by Crippen LogP contribution is -2.53. The largest absolute Gasteiger partial charge is 0.391 e. The first-order chi connectivity index (χ1) is 8.22. The molecule has 0 spiro atoms. The molecule has 1 saturated heterocycles. The van der Waals surface area contributed by atoms with Crippen molar-refractivity contribution in [2.45, 2.75) is 51.2 Å². The summed E-state index contributed by atoms with van der Waals surface area (Å²) in [5.74, 6) is 0.291. The molecule has 2 atom stereocenters. The van der Waals surface area contributed by atoms with Gasteiger partial charge in [0.25, 0.3) is 0 Å². The van der Waals surface area contributed by atoms with Crippen molar-refractivity contribution in [1.29, 1.82) is 0 Å². The number of hydrogen-bond acceptors (Lipinski definition) is 3. The summed E-state index contributed by atoms with van der Waals surface area (Å²) >= 11 is 0. The second-order valence-corrected chi connectivity index (χ2v) is 5.23. The fourth-order valence-corrected chi connectivity index (χ4v) is 3.02. The lowest BCUT2D eigenvalue weighted by molar-refractivity contribution is -0.133. The highest BCUT2D eigenvalue weighted by molar-refractivity contribution is 5.76. The molecular formula is C13H24N2O2. The number of hydrogen-bond donors (Lipinski definition) is 1. The van der Waals surface area contributed by atoms with Gasteiger partial charge >= 0.3 is 0 Å². The van der Waals surface area contributed by atoms with E-state index in [0.717, 1.165) is 51.9 Å². The van der Waals surface area contributed by atoms with Crippen LogP contribution < -0.4 is 0 Å². The van der Waals surface area contributed by atoms with E-state index in [1.165, 1.54) is 0 Å². The van der Waals surface area contributed by atoms with Gasteiger partial charge in [0.1, 0.15) is 0 Å². The van der Waals surface area contributed by atoms with E-state index in [4.69, 9.17) is 0 Å². The van der Waals surface area contributed by atoms with Crippen molar-refractivity contribution >= 4 is 5.91 Å². The van der Waals surface area contributed by atoms with Crippen LogP contribution in [0.3, 0.4) is 0 Å². The molecule has 4 nitrogen and oxygen atoms in total. The Kier molecular flexibility index (Phi) is 4.40. The third-order valence-electron chi connectivity index (χ3n) is 4.04. The fraction of sp³-hybridized carbons (Fsp3) is 0.923. The third kappa shape index (κ3) is 2.99. The summed E-state index contributed by atoms with van der Waals surface area (Å²) in [7, 11) is 0. The first-order valence-corrected chi connectivity index (χ1v) is 6.92. The molecule has 0 bridgehead atoms. The maximum absolute atomic E-state index is 11.7. The molecule has 98 valence electrons. The van der Waals surface area contributed by atoms with E-state index in [-0.39, 0.29) is 6.10 Å². The number of nitrogens with zero attached hydrogens (tertiary/aromatic N) is 2. The van der Waals surface area contributed by atoms with Gasteiger partial charge in [0, 0.05) is 38.6 Å². The first-order valence-electron chi connectivity index (χ1n) is 6.92. The zero-order valence-corrected chi connectivity index (χ0v) is 10.8. The number of carbonyl (C=O) groups excluding carboxylic acids is 1. The van der Waals surface area contributed by atoms with E-state index >= 15 is 0 Å². The zero-order chi connectivity index (χ0) is 12.3. The van der Waals surface area contributed by atoms with Gasteiger partial charge in [0.05, 0.1) is 6.10 Å². The normalized spacial score (nSPS) is 30.8. The second kappa shape index (κ2) is 5.83. The molecule has 2 fully saturated rings. The zero-order valence-electron chi connectivity index (χ0n) is 10.8. The highest BCUT2D eigenvalue weighted by Gasteiger charge is 2.32. The van der Waals surface area contributed by atoms with Crippen LogP contribution in [-0.2, 0) is 4.79 Å². The Balaban J connectivity index is 1.79. The van der Waals surface area contributed by atoms with Crippen molar-refractivity contribution in [3.05, 3.63) is 0 Å². The molecule has 1 N–H and O–H groups in total. The molecule has 0 radical (unpaired) electrons. The van der Waals surface area contributed by atoms with Crippen molar-refractivity contribution in [2.24, 2.45) is 0 Å². The van der Waals surface area contributed by atoms with Crippen molar-refractivity contribution < 1.29 is 9.90 Å². The topological polar surface area (TPSA) is 43.8 Å². The number of piperazine rings is 1. The monoisotopic (exact) mass is 240 g/mol. The Hall–Kier alpha value is -0.610. The number of amides is 1. The van der Waals surface area contributed by atoms with Crippen LogP contribution in [0, 0.1) is 0 Å². The predicted molar refractivity (Wildman–Crippen MR) is 66.7 cm³/mol. The van der Waals surface area contributed by atoms with E-state index in [1.54, 1.807) is 0 Å². The number of aliphatic hydroxyl groups excluding tert-OH is 1. The molecule has 0 unspecified atom stereocenters. The van der Waals surface area contributed by atoms with Gasteiger partial charge in [0.15, 0.2) is 0 Å². The van der Waals surface area contributed by atoms with Crippen LogP contribution in [-0.4, -0.2) is 59.1 Å². The Morgan fingerprint density at radius 2 is 1.94 bits per heavy atom. The van der Waals surface area contributed by atoms with Crippen LogP contribution in [0.5, 0.6) is 0 Å². The molecule has 0 aromatic rings. The average molecular weight is 240 g/mol. The van der Waals surface area contributed by atoms with Gasteiger partial charge in [0.2, 0.25) is 5.91 Å². The molecule has 1 aliphatic heterocycles. The van der Waals surface area contributed by atoms with Crippen LogP contribution in [0.4, 0.5) is 0 Å². The van der Waals surface area contributed by atoms with E-state index in [2.05, 4.69) is 4.90 Å². The quantitative estimate of drug-likeness (QED) is 0.795. The summed E-state index contributed by atoms with van der Waals surface area (Å²) in [6, 6.07) is 0.346. The lowest BCUT2D eigenvalue weighted by atomic mass is 10.1. The summed E-state index contributed by atoms with van der Waals surface area (Å²) < 4.78 is 0. The van der Waals surface area contributed by atoms with Crippen LogP contribution in [0.1, 0.15) is 39.0 Å². The molecule has 2 rings (SSSR count). The summed E-state index contributed by atoms with van der Waals surface area (Å²) in [5, 5.41) is 9.88. The molecule has 17 heavy (non-hydrogen) atoms. The average Bonchev–Trinajstić information content (AvgIpc) is 2.76. The Morgan fingerprint density at radius 3 is 2.47 bits per heavy atom. The smallest absolute Gasteiger partial charge is 0.222 e. The van der Waals surface area contributed by atoms with Crippen LogP contribution in [0.15, 0.2) is 0 Å². The Bertz CT molecular complexity index is 262. The highest BCUT2D eigenvalue weighted by Crippen LogP contribution is 2.25. The van der Waals surface area contributed by atoms with Gasteiger partial charge in [-0.2, -0.15) is 0 Å². The summed E-state index contributed by atoms with van der Waals surface area (Å²) in [6.07, 6.45) is 4.66. The van der Waals surface area contributed by atoms with Gasteiger partial charge in [-0.1, -0.05) is 6.92 Å². The van der Waals surface area contributed by atoms with Gasteiger partial charge in [-0.15, -0.1) is 0 Å². The van der Waals surface area contributed by atoms with Crippen LogP contribution in [0.2, 0.25) is 0 Å². The molecule has 1 amide bonds. The first kappa shape index (κ1) is 12.8. The molecule has 1 heterocycles. The predicted octanol–water partition coefficient (Wildman–Crippen LogP) is 0.844. The van der Waals surface area contributed by atoms with Crippen LogP contribution >= 0.6 is 0 Å². The SMILES string of the molecule is CCCC(=O)N1CCN([C@H]2CCC[C@H]2O)CC1. The Morgan fingerprint density at radius 1 is 1.24 bits per heavy atom. The van der Waals surface area contributed by atoms with Crippen molar-refractivity contribution in [3.8, 4) is 0 Å². The molecule has 1 aliphatic carbocycles. The van der Waals surface area contributed by atoms with Crippen molar-refractivity contribution in [2.75, 3.05) is 26.2 Å². The van der Waals surface area contributed by atoms with Crippen molar-refractivity contribution in [3.63, 3.8) is 0 Å². The van der Waals surface area contributed by atoms with Gasteiger partial charge in [-0.3, -0.25) is 9.69 Å². The summed E-state index contributed by atoms with van der Waals surface area (Å²) in [4.78, 5) is 16.1. The van der Waals surface area contributed by atoms with E-state index < -0.39 is 0 Å². The molecule has 2 aliphatic rings. The van der Waals surface area contributed by atoms with E-state index in [1.807, 2.05) is 11.8 Å². The van der Waals surface area contributed by atoms with Gasteiger partial charge in [-0.05, 0) is 25.7 Å². The van der Waals surface area contributed by atoms with E-state index in [9.17, 15) is 9.90 Å². The molecule has 4 heteroatoms. The minimum atomic E-state index is -0.145. The summed E-state index contributed by atoms with van der Waals surface area (Å²) in [6.45, 7) is 5.57. The molecule has 0 aromatic heterocycles. The fourth-order valence-electron chi connectivity index (χ4n) is 3.02. The highest BCUT2D eigenvalue weighted by atomic mass is 16.3. The van der Waals surface area contributed by atoms with E-state index in [0.29, 0.717) is 18.4 Å². The minimum Gasteiger partial charge on any atom is -0.391 e. The lowest BCUT2D eigenvalue weighted by Gasteiger charge is -2.39. The van der Waals surface area contributed by atoms with Crippen LogP contribution in [0.25, 0.3) is 0 Å². The van der Waals surface area contributed by atoms with Gasteiger partial charge in [-0.25, -0.2) is 0 Å². The number of aliphatic hydroxyl groups is 1. The number of rotatable bonds is 3. The molecule has 0 aromatic carbocycles. The maximum atomic E-state index is 11.7. The second-order valence-electron chi connectivity index (χ2n) is 5.23. The summed E-state index contributed by atoms with van der Waals surface area (Å²) in [5.41, 5.74) is 0. The maximum Gasteiger partial charge on any atom is 0.222 e. The van der Waals surface area contributed by atoms with Crippen molar-refractivity contribution in [1.82, 2.24) is 9.80 Å². The Labute approximate surface area is 104 Å². The van der Waals surface area contributed by atoms with Gasteiger partial charge < -0.3 is 10.0 Å². The molecular weight excluding hydrogens is 216 g/mol. The third-order valence-corrected chi connectivity index (χ3v) is 4.04. The standard InChI is InChI=1S/C13H24N2O2/c1-2-4-13(17)15-9-7-14(8-10-15)11-5-3-6-12(11)16/h11-12,16H,2-10H2,1H3/t11-,12+/m0/s1.